The summed E-state index contributed by atoms with van der Waals surface area (Å²) in [5.41, 5.74) is 3.06. The number of carbonyl (C=O) groups excluding carboxylic acids is 1. The molecule has 1 amide bonds. The largest absolute Gasteiger partial charge is 0.492 e. The maximum atomic E-state index is 13.6. The maximum absolute atomic E-state index is 13.6. The van der Waals surface area contributed by atoms with Gasteiger partial charge in [0, 0.05) is 31.4 Å². The van der Waals surface area contributed by atoms with Crippen LogP contribution >= 0.6 is 15.5 Å². The third-order valence-electron chi connectivity index (χ3n) is 9.23. The first-order valence-electron chi connectivity index (χ1n) is 18.3. The number of aromatic amines is 1. The molecule has 23 heteroatoms. The number of hydroxylamine groups is 2. The molecule has 3 rings (SSSR count). The van der Waals surface area contributed by atoms with E-state index in [-0.39, 0.29) is 11.0 Å². The highest BCUT2D eigenvalue weighted by Crippen LogP contribution is 2.64. The van der Waals surface area contributed by atoms with Crippen LogP contribution in [0.25, 0.3) is 0 Å². The Morgan fingerprint density at radius 2 is 1.56 bits per heavy atom. The molecule has 1 fully saturated rings. The number of nitrogens with zero attached hydrogens (tertiary/aromatic N) is 3. The molecule has 0 saturated carbocycles. The summed E-state index contributed by atoms with van der Waals surface area (Å²) >= 11 is 0. The molecule has 9 atom stereocenters. The average molecular weight is 830 g/mol. The van der Waals surface area contributed by atoms with Gasteiger partial charge in [-0.1, -0.05) is 71.6 Å². The zero-order valence-electron chi connectivity index (χ0n) is 31.3. The van der Waals surface area contributed by atoms with Gasteiger partial charge in [-0.05, 0) is 12.3 Å². The van der Waals surface area contributed by atoms with E-state index in [1.54, 1.807) is 0 Å². The fraction of sp³-hybridized carbons (Fsp3) is 0.781. The second kappa shape index (κ2) is 21.4. The standard InChI is InChI=1S/C32H57N5O16P2/c1-20(2)13-11-9-7-5-4-6-8-10-12-15-35(3)53-55(48,49)37(17-23(33)39)54(46,47)52-30-27(43)25(41)21(18-38)29(30)50-19-22-26(42)28(44)31(51-22)36-16-14-24(40)34-32(36)45/h14,16,20,22,25-28,30-31,38,41-44H,4-13,15,17-19H2,1-3H3,(H2,33,39)(H,46,47)(H,48,49)(H,34,40,45)/t22-,25-,26-,27+,28-,30+,31-/m1/s1. The summed E-state index contributed by atoms with van der Waals surface area (Å²) in [6.07, 6.45) is -1.19. The number of hydrogen-bond donors (Lipinski definition) is 9. The number of primary amides is 1. The Morgan fingerprint density at radius 1 is 0.964 bits per heavy atom. The molecule has 2 aliphatic rings. The lowest BCUT2D eigenvalue weighted by atomic mass is 10.0. The van der Waals surface area contributed by atoms with Gasteiger partial charge >= 0.3 is 21.2 Å². The van der Waals surface area contributed by atoms with Crippen molar-refractivity contribution in [1.29, 1.82) is 0 Å². The molecule has 1 aromatic heterocycles. The number of aromatic nitrogens is 2. The lowest BCUT2D eigenvalue weighted by molar-refractivity contribution is -0.118. The number of unbranched alkanes of at least 4 members (excludes halogenated alkanes) is 8. The molecule has 55 heavy (non-hydrogen) atoms. The molecule has 1 aliphatic carbocycles. The summed E-state index contributed by atoms with van der Waals surface area (Å²) in [5.74, 6) is -1.28. The van der Waals surface area contributed by atoms with Crippen molar-refractivity contribution in [3.63, 3.8) is 0 Å². The topological polar surface area (TPSA) is 317 Å². The minimum atomic E-state index is -5.70. The Labute approximate surface area is 318 Å². The predicted molar refractivity (Wildman–Crippen MR) is 194 cm³/mol. The van der Waals surface area contributed by atoms with Crippen molar-refractivity contribution >= 4 is 21.4 Å². The van der Waals surface area contributed by atoms with Crippen LogP contribution in [-0.4, -0.2) is 130 Å². The molecule has 10 N–H and O–H groups in total. The fourth-order valence-electron chi connectivity index (χ4n) is 6.26. The second-order valence-electron chi connectivity index (χ2n) is 14.2. The molecule has 316 valence electrons. The van der Waals surface area contributed by atoms with Crippen LogP contribution in [0.2, 0.25) is 0 Å². The van der Waals surface area contributed by atoms with Crippen molar-refractivity contribution in [2.24, 2.45) is 11.7 Å². The van der Waals surface area contributed by atoms with Crippen LogP contribution in [0, 0.1) is 5.92 Å². The SMILES string of the molecule is CC(C)CCCCCCCCCCCN(C)OP(=O)(O)N(CC(N)=O)P(=O)(O)O[C@@H]1C(OC[C@H]2O[C@@H](n3ccc(=O)[nH]c3=O)[C@H](O)[C@@H]2O)=C(CO)[C@@H](O)[C@@H]1O. The fourth-order valence-corrected chi connectivity index (χ4v) is 9.42. The summed E-state index contributed by atoms with van der Waals surface area (Å²) in [6, 6.07) is 0.970. The molecular formula is C32H57N5O16P2. The molecule has 1 saturated heterocycles. The summed E-state index contributed by atoms with van der Waals surface area (Å²) in [5, 5.41) is 53.4. The first-order valence-corrected chi connectivity index (χ1v) is 21.3. The second-order valence-corrected chi connectivity index (χ2v) is 17.8. The van der Waals surface area contributed by atoms with Crippen LogP contribution in [0.15, 0.2) is 33.2 Å². The first kappa shape index (κ1) is 47.0. The molecule has 0 aromatic carbocycles. The smallest absolute Gasteiger partial charge is 0.432 e. The van der Waals surface area contributed by atoms with Gasteiger partial charge in [0.25, 0.3) is 5.56 Å². The minimum Gasteiger partial charge on any atom is -0.492 e. The number of rotatable bonds is 25. The molecule has 0 spiro atoms. The van der Waals surface area contributed by atoms with Crippen LogP contribution < -0.4 is 17.0 Å². The van der Waals surface area contributed by atoms with Gasteiger partial charge in [0.15, 0.2) is 12.3 Å². The summed E-state index contributed by atoms with van der Waals surface area (Å²) in [7, 11) is -9.80. The molecule has 1 aliphatic heterocycles. The van der Waals surface area contributed by atoms with Crippen LogP contribution in [0.3, 0.4) is 0 Å². The molecule has 1 aromatic rings. The monoisotopic (exact) mass is 829 g/mol. The molecular weight excluding hydrogens is 772 g/mol. The summed E-state index contributed by atoms with van der Waals surface area (Å²) in [4.78, 5) is 59.4. The zero-order valence-corrected chi connectivity index (χ0v) is 33.1. The van der Waals surface area contributed by atoms with Crippen molar-refractivity contribution in [2.75, 3.05) is 33.4 Å². The molecule has 0 bridgehead atoms. The van der Waals surface area contributed by atoms with Crippen molar-refractivity contribution < 1.29 is 67.9 Å². The number of nitrogens with two attached hydrogens (primary N) is 1. The molecule has 21 nitrogen and oxygen atoms in total. The van der Waals surface area contributed by atoms with Gasteiger partial charge in [0.2, 0.25) is 5.91 Å². The third kappa shape index (κ3) is 13.4. The van der Waals surface area contributed by atoms with Crippen molar-refractivity contribution in [3.8, 4) is 0 Å². The number of aliphatic hydroxyl groups is 5. The van der Waals surface area contributed by atoms with Gasteiger partial charge < -0.3 is 50.5 Å². The highest BCUT2D eigenvalue weighted by Gasteiger charge is 2.53. The first-order chi connectivity index (χ1) is 25.8. The van der Waals surface area contributed by atoms with E-state index in [1.807, 2.05) is 4.98 Å². The number of hydrogen-bond acceptors (Lipinski definition) is 15. The van der Waals surface area contributed by atoms with Gasteiger partial charge in [-0.2, -0.15) is 5.06 Å². The van der Waals surface area contributed by atoms with Gasteiger partial charge in [-0.25, -0.2) is 18.5 Å². The van der Waals surface area contributed by atoms with Crippen molar-refractivity contribution in [2.45, 2.75) is 121 Å². The van der Waals surface area contributed by atoms with Crippen LogP contribution in [-0.2, 0) is 32.5 Å². The number of aliphatic hydroxyl groups excluding tert-OH is 5. The van der Waals surface area contributed by atoms with Gasteiger partial charge in [0.1, 0.15) is 42.9 Å². The van der Waals surface area contributed by atoms with E-state index in [1.165, 1.54) is 32.7 Å². The Balaban J connectivity index is 1.64. The number of nitrogens with one attached hydrogen (secondary N) is 1. The van der Waals surface area contributed by atoms with Crippen LogP contribution in [0.1, 0.15) is 84.3 Å². The number of carbonyl (C=O) groups is 1. The summed E-state index contributed by atoms with van der Waals surface area (Å²) in [6.45, 7) is 1.49. The van der Waals surface area contributed by atoms with E-state index in [4.69, 9.17) is 24.4 Å². The third-order valence-corrected chi connectivity index (χ3v) is 13.0. The predicted octanol–water partition coefficient (Wildman–Crippen LogP) is -0.0521. The average Bonchev–Trinajstić information content (AvgIpc) is 3.49. The van der Waals surface area contributed by atoms with Gasteiger partial charge in [0.05, 0.1) is 13.2 Å². The Kier molecular flexibility index (Phi) is 18.3. The van der Waals surface area contributed by atoms with Crippen LogP contribution in [0.5, 0.6) is 0 Å². The summed E-state index contributed by atoms with van der Waals surface area (Å²) < 4.78 is 49.1. The van der Waals surface area contributed by atoms with E-state index in [0.717, 1.165) is 54.0 Å². The van der Waals surface area contributed by atoms with E-state index in [2.05, 4.69) is 13.8 Å². The lowest BCUT2D eigenvalue weighted by Crippen LogP contribution is -2.38. The minimum absolute atomic E-state index is 0.135. The lowest BCUT2D eigenvalue weighted by Gasteiger charge is -2.32. The van der Waals surface area contributed by atoms with E-state index in [0.29, 0.717) is 12.3 Å². The Bertz CT molecular complexity index is 1640. The van der Waals surface area contributed by atoms with Crippen molar-refractivity contribution in [3.05, 3.63) is 44.4 Å². The Hall–Kier alpha value is -2.33. The molecule has 0 radical (unpaired) electrons. The van der Waals surface area contributed by atoms with E-state index >= 15 is 0 Å². The quantitative estimate of drug-likeness (QED) is 0.0354. The molecule has 2 heterocycles. The number of amides is 1. The highest BCUT2D eigenvalue weighted by atomic mass is 31.3. The normalized spacial score (nSPS) is 26.6. The Morgan fingerprint density at radius 3 is 2.13 bits per heavy atom. The highest BCUT2D eigenvalue weighted by molar-refractivity contribution is 7.66. The van der Waals surface area contributed by atoms with E-state index < -0.39 is 107 Å². The number of ether oxygens (including phenoxy) is 2. The van der Waals surface area contributed by atoms with Gasteiger partial charge in [-0.3, -0.25) is 23.7 Å². The van der Waals surface area contributed by atoms with Crippen LogP contribution in [0.4, 0.5) is 0 Å². The maximum Gasteiger partial charge on any atom is 0.432 e. The molecule has 2 unspecified atom stereocenters. The van der Waals surface area contributed by atoms with E-state index in [9.17, 15) is 58.8 Å². The van der Waals surface area contributed by atoms with Gasteiger partial charge in [-0.15, -0.1) is 4.44 Å². The zero-order chi connectivity index (χ0) is 41.1. The number of H-pyrrole nitrogens is 1. The van der Waals surface area contributed by atoms with Crippen molar-refractivity contribution in [1.82, 2.24) is 19.1 Å².